The molecule has 0 aliphatic rings. The van der Waals surface area contributed by atoms with Gasteiger partial charge in [0, 0.05) is 36.5 Å². The minimum atomic E-state index is -1.09. The molecule has 0 unspecified atom stereocenters. The number of aromatic nitrogens is 9. The fraction of sp³-hybridized carbons (Fsp3) is 0.261. The average Bonchev–Trinajstić information content (AvgIpc) is 3.59. The molecule has 0 saturated heterocycles. The normalized spacial score (nSPS) is 11.8. The Morgan fingerprint density at radius 1 is 1.08 bits per heavy atom. The molecule has 11 nitrogen and oxygen atoms in total. The van der Waals surface area contributed by atoms with Gasteiger partial charge in [0.2, 0.25) is 0 Å². The van der Waals surface area contributed by atoms with E-state index in [4.69, 9.17) is 0 Å². The number of fused-ring (bicyclic) bond motifs is 1. The van der Waals surface area contributed by atoms with Crippen LogP contribution in [0.4, 0.5) is 8.78 Å². The number of nitrogens with one attached hydrogen (secondary N) is 1. The Morgan fingerprint density at radius 3 is 2.58 bits per heavy atom. The minimum absolute atomic E-state index is 0.0337. The molecule has 4 heterocycles. The number of hydrogen-bond donors (Lipinski definition) is 1. The molecule has 0 saturated carbocycles. The molecule has 0 aliphatic carbocycles. The van der Waals surface area contributed by atoms with E-state index in [0.29, 0.717) is 16.8 Å². The van der Waals surface area contributed by atoms with E-state index >= 15 is 8.78 Å². The second-order valence-electron chi connectivity index (χ2n) is 9.19. The van der Waals surface area contributed by atoms with Crippen LogP contribution < -0.4 is 5.32 Å². The summed E-state index contributed by atoms with van der Waals surface area (Å²) in [6, 6.07) is 4.49. The molecule has 1 amide bonds. The van der Waals surface area contributed by atoms with Crippen molar-refractivity contribution in [2.45, 2.75) is 32.9 Å². The number of halogens is 2. The summed E-state index contributed by atoms with van der Waals surface area (Å²) in [4.78, 5) is 18.3. The van der Waals surface area contributed by atoms with Gasteiger partial charge in [-0.3, -0.25) is 9.48 Å². The number of nitrogens with zero attached hydrogens (tertiary/aromatic N) is 9. The molecule has 0 bridgehead atoms. The van der Waals surface area contributed by atoms with Gasteiger partial charge in [0.1, 0.15) is 0 Å². The molecule has 0 radical (unpaired) electrons. The highest BCUT2D eigenvalue weighted by Gasteiger charge is 2.22. The summed E-state index contributed by atoms with van der Waals surface area (Å²) >= 11 is 0. The van der Waals surface area contributed by atoms with Crippen LogP contribution in [0.15, 0.2) is 43.0 Å². The number of rotatable bonds is 5. The van der Waals surface area contributed by atoms with Crippen LogP contribution in [0.3, 0.4) is 0 Å². The Hall–Kier alpha value is -4.55. The second-order valence-corrected chi connectivity index (χ2v) is 9.19. The molecule has 36 heavy (non-hydrogen) atoms. The van der Waals surface area contributed by atoms with E-state index in [-0.39, 0.29) is 29.2 Å². The van der Waals surface area contributed by atoms with Crippen LogP contribution in [0.1, 0.15) is 37.0 Å². The van der Waals surface area contributed by atoms with E-state index < -0.39 is 23.1 Å². The molecule has 13 heteroatoms. The average molecular weight is 492 g/mol. The van der Waals surface area contributed by atoms with Crippen molar-refractivity contribution >= 4 is 11.4 Å². The Morgan fingerprint density at radius 2 is 1.89 bits per heavy atom. The van der Waals surface area contributed by atoms with Gasteiger partial charge in [0.15, 0.2) is 11.6 Å². The zero-order valence-corrected chi connectivity index (χ0v) is 19.9. The Balaban J connectivity index is 1.43. The van der Waals surface area contributed by atoms with Gasteiger partial charge in [0.05, 0.1) is 41.0 Å². The van der Waals surface area contributed by atoms with E-state index in [2.05, 4.69) is 35.9 Å². The number of hydrogen-bond acceptors (Lipinski definition) is 7. The fourth-order valence-electron chi connectivity index (χ4n) is 3.57. The Kier molecular flexibility index (Phi) is 5.54. The topological polar surface area (TPSA) is 121 Å². The van der Waals surface area contributed by atoms with Crippen LogP contribution in [-0.4, -0.2) is 50.5 Å². The lowest BCUT2D eigenvalue weighted by Crippen LogP contribution is -2.27. The van der Waals surface area contributed by atoms with E-state index in [1.165, 1.54) is 16.9 Å². The maximum atomic E-state index is 15.3. The van der Waals surface area contributed by atoms with E-state index in [1.807, 2.05) is 20.8 Å². The lowest BCUT2D eigenvalue weighted by molar-refractivity contribution is 0.0939. The maximum Gasteiger partial charge on any atom is 0.293 e. The van der Waals surface area contributed by atoms with Crippen molar-refractivity contribution < 1.29 is 13.6 Å². The molecule has 0 atom stereocenters. The molecule has 4 aromatic heterocycles. The van der Waals surface area contributed by atoms with E-state index in [1.54, 1.807) is 47.1 Å². The number of benzene rings is 1. The summed E-state index contributed by atoms with van der Waals surface area (Å²) in [5, 5.41) is 22.5. The summed E-state index contributed by atoms with van der Waals surface area (Å²) in [5.41, 5.74) is 1.41. The van der Waals surface area contributed by atoms with Crippen LogP contribution >= 0.6 is 0 Å². The Labute approximate surface area is 203 Å². The van der Waals surface area contributed by atoms with Gasteiger partial charge in [-0.1, -0.05) is 6.07 Å². The zero-order valence-electron chi connectivity index (χ0n) is 19.9. The highest BCUT2D eigenvalue weighted by Crippen LogP contribution is 2.30. The maximum absolute atomic E-state index is 15.3. The fourth-order valence-corrected chi connectivity index (χ4v) is 3.57. The molecule has 5 rings (SSSR count). The molecule has 184 valence electrons. The van der Waals surface area contributed by atoms with Crippen LogP contribution in [-0.2, 0) is 19.1 Å². The third-order valence-corrected chi connectivity index (χ3v) is 5.46. The number of tetrazole rings is 1. The van der Waals surface area contributed by atoms with Crippen LogP contribution in [0.5, 0.6) is 0 Å². The van der Waals surface area contributed by atoms with Crippen molar-refractivity contribution in [2.75, 3.05) is 0 Å². The van der Waals surface area contributed by atoms with Crippen LogP contribution in [0.2, 0.25) is 0 Å². The van der Waals surface area contributed by atoms with Crippen molar-refractivity contribution in [1.82, 2.24) is 49.9 Å². The smallest absolute Gasteiger partial charge is 0.293 e. The third-order valence-electron chi connectivity index (χ3n) is 5.46. The lowest BCUT2D eigenvalue weighted by atomic mass is 10.1. The standard InChI is InChI=1S/C23H22F2N10O/c1-23(2,3)35-31-21(30-32-35)22(36)26-9-13-5-6-15(19(25)18(13)24)20-17-7-8-27-34(17)12-16(29-20)14-10-28-33(4)11-14/h5-8,10-12H,9H2,1-4H3,(H,26,36). The first kappa shape index (κ1) is 23.2. The molecule has 0 fully saturated rings. The predicted octanol–water partition coefficient (Wildman–Crippen LogP) is 2.75. The van der Waals surface area contributed by atoms with E-state index in [0.717, 1.165) is 0 Å². The largest absolute Gasteiger partial charge is 0.345 e. The second kappa shape index (κ2) is 8.59. The SMILES string of the molecule is Cn1cc(-c2cn3nccc3c(-c3ccc(CNC(=O)c4nnn(C(C)(C)C)n4)c(F)c3F)n2)cn1. The first-order chi connectivity index (χ1) is 17.1. The van der Waals surface area contributed by atoms with Gasteiger partial charge in [0.25, 0.3) is 11.7 Å². The first-order valence-electron chi connectivity index (χ1n) is 11.0. The zero-order chi connectivity index (χ0) is 25.6. The molecular weight excluding hydrogens is 470 g/mol. The van der Waals surface area contributed by atoms with Crippen molar-refractivity contribution in [2.24, 2.45) is 7.05 Å². The molecule has 1 aromatic carbocycles. The summed E-state index contributed by atoms with van der Waals surface area (Å²) < 4.78 is 33.5. The quantitative estimate of drug-likeness (QED) is 0.400. The summed E-state index contributed by atoms with van der Waals surface area (Å²) in [6.45, 7) is 5.30. The van der Waals surface area contributed by atoms with Crippen molar-refractivity contribution in [3.05, 3.63) is 66.0 Å². The van der Waals surface area contributed by atoms with E-state index in [9.17, 15) is 4.79 Å². The number of aryl methyl sites for hydroxylation is 1. The van der Waals surface area contributed by atoms with Gasteiger partial charge in [-0.05, 0) is 38.1 Å². The molecular formula is C23H22F2N10O. The summed E-state index contributed by atoms with van der Waals surface area (Å²) in [5.74, 6) is -2.99. The monoisotopic (exact) mass is 492 g/mol. The molecule has 1 N–H and O–H groups in total. The van der Waals surface area contributed by atoms with Crippen molar-refractivity contribution in [3.63, 3.8) is 0 Å². The van der Waals surface area contributed by atoms with Gasteiger partial charge >= 0.3 is 0 Å². The number of carbonyl (C=O) groups is 1. The summed E-state index contributed by atoms with van der Waals surface area (Å²) in [7, 11) is 1.77. The van der Waals surface area contributed by atoms with Gasteiger partial charge in [-0.15, -0.1) is 10.2 Å². The number of carbonyl (C=O) groups excluding carboxylic acids is 1. The molecule has 0 aliphatic heterocycles. The van der Waals surface area contributed by atoms with Crippen molar-refractivity contribution in [3.8, 4) is 22.5 Å². The third kappa shape index (κ3) is 4.19. The summed E-state index contributed by atoms with van der Waals surface area (Å²) in [6.07, 6.45) is 6.63. The molecule has 5 aromatic rings. The highest BCUT2D eigenvalue weighted by molar-refractivity contribution is 5.90. The number of amides is 1. The van der Waals surface area contributed by atoms with Crippen LogP contribution in [0.25, 0.3) is 28.0 Å². The van der Waals surface area contributed by atoms with Gasteiger partial charge in [-0.2, -0.15) is 15.0 Å². The first-order valence-corrected chi connectivity index (χ1v) is 11.0. The van der Waals surface area contributed by atoms with Gasteiger partial charge in [-0.25, -0.2) is 18.3 Å². The minimum Gasteiger partial charge on any atom is -0.345 e. The predicted molar refractivity (Wildman–Crippen MR) is 125 cm³/mol. The lowest BCUT2D eigenvalue weighted by Gasteiger charge is -2.15. The van der Waals surface area contributed by atoms with Crippen LogP contribution in [0, 0.1) is 11.6 Å². The molecule has 0 spiro atoms. The van der Waals surface area contributed by atoms with Gasteiger partial charge < -0.3 is 5.32 Å². The Bertz CT molecular complexity index is 1590. The van der Waals surface area contributed by atoms with Crippen molar-refractivity contribution in [1.29, 1.82) is 0 Å². The highest BCUT2D eigenvalue weighted by atomic mass is 19.2.